The average molecular weight is 444 g/mol. The summed E-state index contributed by atoms with van der Waals surface area (Å²) < 4.78 is 51.5. The van der Waals surface area contributed by atoms with E-state index in [0.29, 0.717) is 28.3 Å². The monoisotopic (exact) mass is 444 g/mol. The van der Waals surface area contributed by atoms with E-state index < -0.39 is 21.7 Å². The first-order valence-electron chi connectivity index (χ1n) is 9.16. The number of aryl methyl sites for hydroxylation is 1. The molecule has 0 aliphatic heterocycles. The number of sulfonamides is 1. The van der Waals surface area contributed by atoms with E-state index in [1.165, 1.54) is 38.5 Å². The molecule has 1 amide bonds. The number of ether oxygens (including phenoxy) is 2. The largest absolute Gasteiger partial charge is 0.493 e. The lowest BCUT2D eigenvalue weighted by molar-refractivity contribution is 0.102. The third-order valence-electron chi connectivity index (χ3n) is 4.48. The molecule has 0 atom stereocenters. The number of benzene rings is 3. The van der Waals surface area contributed by atoms with Crippen molar-refractivity contribution in [3.8, 4) is 11.5 Å². The molecule has 0 bridgehead atoms. The molecule has 0 heterocycles. The molecule has 0 aliphatic rings. The maximum absolute atomic E-state index is 13.1. The standard InChI is InChI=1S/C22H21FN2O5S/c1-14-4-8-18(24-22(26)15-5-11-19(29-2)20(12-15)30-3)13-21(14)31(27,28)25-17-9-6-16(23)7-10-17/h4-13,25H,1-3H3,(H,24,26). The zero-order valence-corrected chi connectivity index (χ0v) is 17.9. The summed E-state index contributed by atoms with van der Waals surface area (Å²) in [6.45, 7) is 1.64. The van der Waals surface area contributed by atoms with Crippen LogP contribution in [0.25, 0.3) is 0 Å². The van der Waals surface area contributed by atoms with Crippen molar-refractivity contribution >= 4 is 27.3 Å². The van der Waals surface area contributed by atoms with Crippen molar-refractivity contribution in [3.63, 3.8) is 0 Å². The van der Waals surface area contributed by atoms with E-state index in [9.17, 15) is 17.6 Å². The van der Waals surface area contributed by atoms with Crippen LogP contribution in [0.1, 0.15) is 15.9 Å². The maximum Gasteiger partial charge on any atom is 0.262 e. The fourth-order valence-electron chi connectivity index (χ4n) is 2.88. The van der Waals surface area contributed by atoms with Gasteiger partial charge in [0.15, 0.2) is 11.5 Å². The van der Waals surface area contributed by atoms with Crippen molar-refractivity contribution in [1.29, 1.82) is 0 Å². The van der Waals surface area contributed by atoms with Crippen molar-refractivity contribution in [2.45, 2.75) is 11.8 Å². The van der Waals surface area contributed by atoms with Crippen LogP contribution >= 0.6 is 0 Å². The summed E-state index contributed by atoms with van der Waals surface area (Å²) >= 11 is 0. The van der Waals surface area contributed by atoms with Crippen LogP contribution in [0.3, 0.4) is 0 Å². The van der Waals surface area contributed by atoms with Crippen LogP contribution in [-0.2, 0) is 10.0 Å². The number of hydrogen-bond donors (Lipinski definition) is 2. The molecule has 9 heteroatoms. The van der Waals surface area contributed by atoms with Gasteiger partial charge in [0, 0.05) is 16.9 Å². The van der Waals surface area contributed by atoms with Crippen molar-refractivity contribution in [3.05, 3.63) is 77.6 Å². The molecule has 31 heavy (non-hydrogen) atoms. The Balaban J connectivity index is 1.85. The Bertz CT molecular complexity index is 1210. The molecule has 0 saturated carbocycles. The van der Waals surface area contributed by atoms with Gasteiger partial charge in [-0.1, -0.05) is 6.07 Å². The molecular formula is C22H21FN2O5S. The highest BCUT2D eigenvalue weighted by Crippen LogP contribution is 2.28. The molecule has 3 aromatic rings. The third-order valence-corrected chi connectivity index (χ3v) is 6.00. The van der Waals surface area contributed by atoms with Crippen LogP contribution in [0.2, 0.25) is 0 Å². The molecule has 0 aromatic heterocycles. The highest BCUT2D eigenvalue weighted by atomic mass is 32.2. The number of carbonyl (C=O) groups is 1. The summed E-state index contributed by atoms with van der Waals surface area (Å²) in [6, 6.07) is 14.2. The number of hydrogen-bond acceptors (Lipinski definition) is 5. The second-order valence-corrected chi connectivity index (χ2v) is 8.27. The molecule has 0 spiro atoms. The highest BCUT2D eigenvalue weighted by Gasteiger charge is 2.19. The predicted molar refractivity (Wildman–Crippen MR) is 116 cm³/mol. The number of amides is 1. The Kier molecular flexibility index (Phi) is 6.45. The minimum atomic E-state index is -3.96. The number of carbonyl (C=O) groups excluding carboxylic acids is 1. The van der Waals surface area contributed by atoms with Gasteiger partial charge in [0.2, 0.25) is 0 Å². The fraction of sp³-hybridized carbons (Fsp3) is 0.136. The van der Waals surface area contributed by atoms with Gasteiger partial charge in [0.25, 0.3) is 15.9 Å². The zero-order chi connectivity index (χ0) is 22.6. The van der Waals surface area contributed by atoms with Gasteiger partial charge in [-0.3, -0.25) is 9.52 Å². The molecule has 0 fully saturated rings. The Morgan fingerprint density at radius 1 is 0.871 bits per heavy atom. The van der Waals surface area contributed by atoms with E-state index in [1.54, 1.807) is 31.2 Å². The maximum atomic E-state index is 13.1. The minimum absolute atomic E-state index is 0.0121. The minimum Gasteiger partial charge on any atom is -0.493 e. The molecule has 162 valence electrons. The Hall–Kier alpha value is -3.59. The summed E-state index contributed by atoms with van der Waals surface area (Å²) in [4.78, 5) is 12.6. The van der Waals surface area contributed by atoms with Gasteiger partial charge in [-0.05, 0) is 67.1 Å². The summed E-state index contributed by atoms with van der Waals surface area (Å²) in [5.41, 5.74) is 1.32. The molecular weight excluding hydrogens is 423 g/mol. The lowest BCUT2D eigenvalue weighted by atomic mass is 10.1. The average Bonchev–Trinajstić information content (AvgIpc) is 2.75. The molecule has 7 nitrogen and oxygen atoms in total. The summed E-state index contributed by atoms with van der Waals surface area (Å²) in [5, 5.41) is 2.68. The molecule has 0 unspecified atom stereocenters. The molecule has 3 aromatic carbocycles. The summed E-state index contributed by atoms with van der Waals surface area (Å²) in [7, 11) is -1.00. The molecule has 3 rings (SSSR count). The Morgan fingerprint density at radius 3 is 2.16 bits per heavy atom. The van der Waals surface area contributed by atoms with E-state index in [0.717, 1.165) is 12.1 Å². The first kappa shape index (κ1) is 22.1. The lowest BCUT2D eigenvalue weighted by Gasteiger charge is -2.13. The van der Waals surface area contributed by atoms with Crippen LogP contribution in [0.4, 0.5) is 15.8 Å². The van der Waals surface area contributed by atoms with Crippen LogP contribution in [-0.4, -0.2) is 28.5 Å². The number of halogens is 1. The molecule has 0 aliphatic carbocycles. The fourth-order valence-corrected chi connectivity index (χ4v) is 4.21. The quantitative estimate of drug-likeness (QED) is 0.570. The van der Waals surface area contributed by atoms with Gasteiger partial charge in [0.05, 0.1) is 19.1 Å². The SMILES string of the molecule is COc1ccc(C(=O)Nc2ccc(C)c(S(=O)(=O)Nc3ccc(F)cc3)c2)cc1OC. The van der Waals surface area contributed by atoms with E-state index in [-0.39, 0.29) is 10.6 Å². The van der Waals surface area contributed by atoms with Crippen LogP contribution in [0.5, 0.6) is 11.5 Å². The summed E-state index contributed by atoms with van der Waals surface area (Å²) in [6.07, 6.45) is 0. The predicted octanol–water partition coefficient (Wildman–Crippen LogP) is 4.20. The number of methoxy groups -OCH3 is 2. The van der Waals surface area contributed by atoms with Crippen LogP contribution in [0.15, 0.2) is 65.6 Å². The smallest absolute Gasteiger partial charge is 0.262 e. The number of rotatable bonds is 7. The van der Waals surface area contributed by atoms with E-state index in [2.05, 4.69) is 10.0 Å². The van der Waals surface area contributed by atoms with Crippen molar-refractivity contribution in [2.24, 2.45) is 0 Å². The van der Waals surface area contributed by atoms with Gasteiger partial charge in [0.1, 0.15) is 5.82 Å². The van der Waals surface area contributed by atoms with Crippen molar-refractivity contribution in [2.75, 3.05) is 24.3 Å². The van der Waals surface area contributed by atoms with E-state index >= 15 is 0 Å². The molecule has 2 N–H and O–H groups in total. The normalized spacial score (nSPS) is 11.0. The van der Waals surface area contributed by atoms with Gasteiger partial charge in [-0.2, -0.15) is 0 Å². The molecule has 0 saturated heterocycles. The van der Waals surface area contributed by atoms with Crippen molar-refractivity contribution < 1.29 is 27.1 Å². The third kappa shape index (κ3) is 5.13. The van der Waals surface area contributed by atoms with Crippen molar-refractivity contribution in [1.82, 2.24) is 0 Å². The first-order chi connectivity index (χ1) is 14.7. The number of nitrogens with one attached hydrogen (secondary N) is 2. The second kappa shape index (κ2) is 9.05. The van der Waals surface area contributed by atoms with Gasteiger partial charge >= 0.3 is 0 Å². The summed E-state index contributed by atoms with van der Waals surface area (Å²) in [5.74, 6) is -0.0425. The van der Waals surface area contributed by atoms with Crippen LogP contribution < -0.4 is 19.5 Å². The topological polar surface area (TPSA) is 93.7 Å². The van der Waals surface area contributed by atoms with E-state index in [4.69, 9.17) is 9.47 Å². The van der Waals surface area contributed by atoms with E-state index in [1.807, 2.05) is 0 Å². The first-order valence-corrected chi connectivity index (χ1v) is 10.6. The van der Waals surface area contributed by atoms with Gasteiger partial charge < -0.3 is 14.8 Å². The van der Waals surface area contributed by atoms with Crippen LogP contribution in [0, 0.1) is 12.7 Å². The second-order valence-electron chi connectivity index (χ2n) is 6.62. The Labute approximate surface area is 179 Å². The highest BCUT2D eigenvalue weighted by molar-refractivity contribution is 7.92. The van der Waals surface area contributed by atoms with Gasteiger partial charge in [-0.25, -0.2) is 12.8 Å². The number of anilines is 2. The molecule has 0 radical (unpaired) electrons. The Morgan fingerprint density at radius 2 is 1.52 bits per heavy atom. The lowest BCUT2D eigenvalue weighted by Crippen LogP contribution is -2.16. The zero-order valence-electron chi connectivity index (χ0n) is 17.1. The van der Waals surface area contributed by atoms with Gasteiger partial charge in [-0.15, -0.1) is 0 Å².